The molecule has 28 heavy (non-hydrogen) atoms. The van der Waals surface area contributed by atoms with Crippen molar-refractivity contribution in [1.29, 1.82) is 0 Å². The van der Waals surface area contributed by atoms with E-state index in [9.17, 15) is 13.2 Å². The first-order valence-electron chi connectivity index (χ1n) is 9.66. The molecule has 2 aromatic heterocycles. The van der Waals surface area contributed by atoms with Crippen molar-refractivity contribution in [3.05, 3.63) is 29.5 Å². The number of alkyl halides is 3. The number of hydrogen-bond donors (Lipinski definition) is 0. The Morgan fingerprint density at radius 3 is 2.14 bits per heavy atom. The Labute approximate surface area is 162 Å². The van der Waals surface area contributed by atoms with Crippen molar-refractivity contribution >= 4 is 5.82 Å². The van der Waals surface area contributed by atoms with E-state index in [1.807, 2.05) is 10.9 Å². The normalized spacial score (nSPS) is 25.4. The van der Waals surface area contributed by atoms with E-state index >= 15 is 0 Å². The van der Waals surface area contributed by atoms with Crippen LogP contribution in [0, 0.1) is 6.92 Å². The summed E-state index contributed by atoms with van der Waals surface area (Å²) in [5, 5.41) is 8.65. The van der Waals surface area contributed by atoms with Gasteiger partial charge in [-0.25, -0.2) is 14.6 Å². The van der Waals surface area contributed by atoms with E-state index in [0.717, 1.165) is 37.4 Å². The summed E-state index contributed by atoms with van der Waals surface area (Å²) < 4.78 is 41.5. The second kappa shape index (κ2) is 6.42. The Kier molecular flexibility index (Phi) is 4.39. The number of halogens is 3. The van der Waals surface area contributed by atoms with Crippen LogP contribution in [0.3, 0.4) is 0 Å². The van der Waals surface area contributed by atoms with Crippen LogP contribution in [0.1, 0.15) is 69.7 Å². The summed E-state index contributed by atoms with van der Waals surface area (Å²) in [6.07, 6.45) is 1.10. The van der Waals surface area contributed by atoms with E-state index in [-0.39, 0.29) is 29.4 Å². The topological polar surface area (TPSA) is 59.7 Å². The monoisotopic (exact) mass is 394 g/mol. The van der Waals surface area contributed by atoms with Crippen LogP contribution in [-0.2, 0) is 11.6 Å². The van der Waals surface area contributed by atoms with E-state index < -0.39 is 11.9 Å². The molecule has 9 heteroatoms. The van der Waals surface area contributed by atoms with Crippen molar-refractivity contribution in [1.82, 2.24) is 25.0 Å². The van der Waals surface area contributed by atoms with Gasteiger partial charge in [-0.05, 0) is 32.6 Å². The molecule has 0 spiro atoms. The molecular weight excluding hydrogens is 369 g/mol. The Hall–Kier alpha value is -2.19. The van der Waals surface area contributed by atoms with Crippen LogP contribution < -0.4 is 4.90 Å². The maximum Gasteiger partial charge on any atom is 0.433 e. The van der Waals surface area contributed by atoms with Gasteiger partial charge >= 0.3 is 6.18 Å². The minimum absolute atomic E-state index is 0.0651. The maximum atomic E-state index is 13.2. The molecule has 152 valence electrons. The van der Waals surface area contributed by atoms with E-state index in [1.54, 1.807) is 0 Å². The molecule has 4 heterocycles. The average molecular weight is 394 g/mol. The summed E-state index contributed by atoms with van der Waals surface area (Å²) in [5.74, 6) is 0.539. The highest BCUT2D eigenvalue weighted by atomic mass is 19.4. The maximum absolute atomic E-state index is 13.2. The van der Waals surface area contributed by atoms with Crippen molar-refractivity contribution < 1.29 is 13.2 Å². The molecule has 6 nitrogen and oxygen atoms in total. The Morgan fingerprint density at radius 2 is 1.61 bits per heavy atom. The molecular formula is C19H25F3N6. The summed E-state index contributed by atoms with van der Waals surface area (Å²) in [4.78, 5) is 9.97. The van der Waals surface area contributed by atoms with E-state index in [2.05, 4.69) is 46.0 Å². The lowest BCUT2D eigenvalue weighted by atomic mass is 9.93. The van der Waals surface area contributed by atoms with Gasteiger partial charge in [0.25, 0.3) is 0 Å². The van der Waals surface area contributed by atoms with Crippen molar-refractivity contribution in [3.63, 3.8) is 0 Å². The number of aryl methyl sites for hydroxylation is 1. The van der Waals surface area contributed by atoms with Gasteiger partial charge in [0, 0.05) is 29.8 Å². The molecule has 2 atom stereocenters. The lowest BCUT2D eigenvalue weighted by molar-refractivity contribution is -0.141. The zero-order valence-electron chi connectivity index (χ0n) is 16.5. The van der Waals surface area contributed by atoms with Crippen LogP contribution in [-0.4, -0.2) is 37.0 Å². The predicted octanol–water partition coefficient (Wildman–Crippen LogP) is 4.07. The van der Waals surface area contributed by atoms with Crippen LogP contribution in [0.25, 0.3) is 0 Å². The second-order valence-corrected chi connectivity index (χ2v) is 8.91. The van der Waals surface area contributed by atoms with Crippen LogP contribution in [0.5, 0.6) is 0 Å². The largest absolute Gasteiger partial charge is 0.433 e. The first-order chi connectivity index (χ1) is 13.0. The number of piperidine rings is 1. The number of hydrogen-bond acceptors (Lipinski definition) is 5. The summed E-state index contributed by atoms with van der Waals surface area (Å²) in [7, 11) is 0. The number of rotatable bonds is 2. The fourth-order valence-corrected chi connectivity index (χ4v) is 4.37. The molecule has 2 bridgehead atoms. The zero-order chi connectivity index (χ0) is 20.3. The molecule has 2 unspecified atom stereocenters. The Balaban J connectivity index is 1.58. The standard InChI is InChI=1S/C19H25F3N6/c1-11-23-15(19(20,21)22)9-17(24-11)28-12-5-6-13(28)8-14(7-12)27-10-16(25-26-27)18(2,3)4/h9-10,12-14H,5-8H2,1-4H3. The highest BCUT2D eigenvalue weighted by Crippen LogP contribution is 2.43. The molecule has 0 radical (unpaired) electrons. The minimum atomic E-state index is -4.47. The average Bonchev–Trinajstić information content (AvgIpc) is 3.17. The third kappa shape index (κ3) is 3.46. The molecule has 2 aromatic rings. The Morgan fingerprint density at radius 1 is 0.964 bits per heavy atom. The lowest BCUT2D eigenvalue weighted by Gasteiger charge is -2.39. The molecule has 0 amide bonds. The molecule has 2 fully saturated rings. The number of anilines is 1. The molecule has 2 aliphatic rings. The van der Waals surface area contributed by atoms with Crippen LogP contribution >= 0.6 is 0 Å². The summed E-state index contributed by atoms with van der Waals surface area (Å²) >= 11 is 0. The molecule has 0 aromatic carbocycles. The van der Waals surface area contributed by atoms with Gasteiger partial charge in [-0.15, -0.1) is 5.10 Å². The predicted molar refractivity (Wildman–Crippen MR) is 98.1 cm³/mol. The van der Waals surface area contributed by atoms with Gasteiger partial charge < -0.3 is 4.90 Å². The molecule has 0 N–H and O–H groups in total. The number of nitrogens with zero attached hydrogens (tertiary/aromatic N) is 6. The number of aromatic nitrogens is 5. The van der Waals surface area contributed by atoms with Crippen LogP contribution in [0.4, 0.5) is 19.0 Å². The van der Waals surface area contributed by atoms with Gasteiger partial charge in [0.05, 0.1) is 11.7 Å². The van der Waals surface area contributed by atoms with Crippen LogP contribution in [0.15, 0.2) is 12.3 Å². The molecule has 2 aliphatic heterocycles. The molecule has 0 saturated carbocycles. The van der Waals surface area contributed by atoms with Gasteiger partial charge in [-0.3, -0.25) is 0 Å². The second-order valence-electron chi connectivity index (χ2n) is 8.91. The third-order valence-corrected chi connectivity index (χ3v) is 5.74. The molecule has 4 rings (SSSR count). The van der Waals surface area contributed by atoms with Crippen molar-refractivity contribution in [2.75, 3.05) is 4.90 Å². The van der Waals surface area contributed by atoms with Crippen LogP contribution in [0.2, 0.25) is 0 Å². The van der Waals surface area contributed by atoms with Crippen molar-refractivity contribution in [3.8, 4) is 0 Å². The van der Waals surface area contributed by atoms with Gasteiger partial charge in [-0.2, -0.15) is 13.2 Å². The zero-order valence-corrected chi connectivity index (χ0v) is 16.5. The summed E-state index contributed by atoms with van der Waals surface area (Å²) in [6.45, 7) is 7.81. The van der Waals surface area contributed by atoms with E-state index in [4.69, 9.17) is 0 Å². The minimum Gasteiger partial charge on any atom is -0.350 e. The fraction of sp³-hybridized carbons (Fsp3) is 0.684. The number of fused-ring (bicyclic) bond motifs is 2. The van der Waals surface area contributed by atoms with Gasteiger partial charge in [0.1, 0.15) is 17.3 Å². The lowest BCUT2D eigenvalue weighted by Crippen LogP contribution is -2.44. The summed E-state index contributed by atoms with van der Waals surface area (Å²) in [5.41, 5.74) is 0.0101. The van der Waals surface area contributed by atoms with Crippen molar-refractivity contribution in [2.45, 2.75) is 83.1 Å². The first kappa shape index (κ1) is 19.1. The fourth-order valence-electron chi connectivity index (χ4n) is 4.37. The summed E-state index contributed by atoms with van der Waals surface area (Å²) in [6, 6.07) is 1.61. The first-order valence-corrected chi connectivity index (χ1v) is 9.66. The highest BCUT2D eigenvalue weighted by Gasteiger charge is 2.43. The Bertz CT molecular complexity index is 855. The van der Waals surface area contributed by atoms with Gasteiger partial charge in [-0.1, -0.05) is 26.0 Å². The quantitative estimate of drug-likeness (QED) is 0.769. The highest BCUT2D eigenvalue weighted by molar-refractivity contribution is 5.45. The third-order valence-electron chi connectivity index (χ3n) is 5.74. The molecule has 0 aliphatic carbocycles. The smallest absolute Gasteiger partial charge is 0.350 e. The van der Waals surface area contributed by atoms with Gasteiger partial charge in [0.2, 0.25) is 0 Å². The van der Waals surface area contributed by atoms with Gasteiger partial charge in [0.15, 0.2) is 0 Å². The van der Waals surface area contributed by atoms with E-state index in [0.29, 0.717) is 5.82 Å². The molecule has 2 saturated heterocycles. The van der Waals surface area contributed by atoms with E-state index in [1.165, 1.54) is 6.92 Å². The SMILES string of the molecule is Cc1nc(N2C3CCC2CC(n2cc(C(C)(C)C)nn2)C3)cc(C(F)(F)F)n1. The van der Waals surface area contributed by atoms with Crippen molar-refractivity contribution in [2.24, 2.45) is 0 Å².